The summed E-state index contributed by atoms with van der Waals surface area (Å²) < 4.78 is 22.4. The van der Waals surface area contributed by atoms with Crippen LogP contribution in [-0.4, -0.2) is 180 Å². The Labute approximate surface area is 305 Å². The fourth-order valence-corrected chi connectivity index (χ4v) is 5.18. The number of carboxylic acid groups (broad SMARTS) is 1. The van der Waals surface area contributed by atoms with Crippen molar-refractivity contribution in [2.24, 2.45) is 0 Å². The zero-order valence-electron chi connectivity index (χ0n) is 33.5. The fourth-order valence-electron chi connectivity index (χ4n) is 5.18. The normalized spacial score (nSPS) is 18.3. The van der Waals surface area contributed by atoms with Gasteiger partial charge in [0.2, 0.25) is 0 Å². The topological polar surface area (TPSA) is 159 Å². The quantitative estimate of drug-likeness (QED) is 0.257. The summed E-state index contributed by atoms with van der Waals surface area (Å²) in [6.45, 7) is 24.8. The van der Waals surface area contributed by atoms with Crippen molar-refractivity contribution in [2.75, 3.05) is 98.2 Å². The Bertz CT molecular complexity index is 1060. The molecule has 0 saturated carbocycles. The number of rotatable bonds is 10. The van der Waals surface area contributed by atoms with Crippen molar-refractivity contribution < 1.29 is 48.0 Å². The van der Waals surface area contributed by atoms with Gasteiger partial charge in [0.1, 0.15) is 22.4 Å². The zero-order chi connectivity index (χ0) is 39.2. The van der Waals surface area contributed by atoms with E-state index >= 15 is 0 Å². The lowest BCUT2D eigenvalue weighted by Crippen LogP contribution is -2.47. The molecule has 15 heteroatoms. The van der Waals surface area contributed by atoms with E-state index in [2.05, 4.69) is 0 Å². The van der Waals surface area contributed by atoms with E-state index in [0.29, 0.717) is 65.4 Å². The Morgan fingerprint density at radius 2 is 0.529 bits per heavy atom. The highest BCUT2D eigenvalue weighted by Gasteiger charge is 2.26. The number of carbonyl (C=O) groups excluding carboxylic acids is 4. The molecule has 1 saturated heterocycles. The second-order valence-electron chi connectivity index (χ2n) is 17.1. The molecule has 0 radical (unpaired) electrons. The lowest BCUT2D eigenvalue weighted by molar-refractivity contribution is -0.158. The molecule has 296 valence electrons. The van der Waals surface area contributed by atoms with E-state index in [-0.39, 0.29) is 32.7 Å². The van der Waals surface area contributed by atoms with Gasteiger partial charge in [0.05, 0.1) is 32.7 Å². The minimum absolute atomic E-state index is 0.0201. The van der Waals surface area contributed by atoms with Crippen LogP contribution in [0.4, 0.5) is 0 Å². The molecule has 1 aliphatic heterocycles. The third kappa shape index (κ3) is 24.9. The molecule has 15 nitrogen and oxygen atoms in total. The number of carbonyl (C=O) groups is 5. The van der Waals surface area contributed by atoms with Crippen LogP contribution in [0.3, 0.4) is 0 Å². The highest BCUT2D eigenvalue weighted by atomic mass is 16.6. The number of ether oxygens (including phenoxy) is 4. The van der Waals surface area contributed by atoms with Crippen LogP contribution in [0.5, 0.6) is 0 Å². The van der Waals surface area contributed by atoms with Crippen LogP contribution < -0.4 is 0 Å². The number of hydrogen-bond acceptors (Lipinski definition) is 14. The molecule has 0 aromatic carbocycles. The minimum Gasteiger partial charge on any atom is -0.480 e. The van der Waals surface area contributed by atoms with Gasteiger partial charge >= 0.3 is 29.8 Å². The molecular formula is C36H67N5O10. The van der Waals surface area contributed by atoms with Crippen LogP contribution in [0.15, 0.2) is 0 Å². The predicted molar refractivity (Wildman–Crippen MR) is 193 cm³/mol. The molecule has 0 aromatic rings. The van der Waals surface area contributed by atoms with Crippen molar-refractivity contribution in [3.63, 3.8) is 0 Å². The van der Waals surface area contributed by atoms with E-state index in [1.54, 1.807) is 88.0 Å². The summed E-state index contributed by atoms with van der Waals surface area (Å²) in [7, 11) is 0. The Hall–Kier alpha value is -2.85. The maximum Gasteiger partial charge on any atom is 0.320 e. The third-order valence-electron chi connectivity index (χ3n) is 7.11. The fraction of sp³-hybridized carbons (Fsp3) is 0.861. The summed E-state index contributed by atoms with van der Waals surface area (Å²) in [4.78, 5) is 73.2. The van der Waals surface area contributed by atoms with E-state index < -0.39 is 52.3 Å². The number of hydrogen-bond donors (Lipinski definition) is 1. The summed E-state index contributed by atoms with van der Waals surface area (Å²) in [5.41, 5.74) is -2.75. The average molecular weight is 730 g/mol. The van der Waals surface area contributed by atoms with Gasteiger partial charge in [-0.3, -0.25) is 48.5 Å². The van der Waals surface area contributed by atoms with Gasteiger partial charge in [-0.05, 0) is 83.1 Å². The Kier molecular flexibility index (Phi) is 18.5. The summed E-state index contributed by atoms with van der Waals surface area (Å²) in [5.74, 6) is -2.66. The summed E-state index contributed by atoms with van der Waals surface area (Å²) in [6, 6.07) is 0. The van der Waals surface area contributed by atoms with Crippen LogP contribution in [0.1, 0.15) is 83.1 Å². The smallest absolute Gasteiger partial charge is 0.320 e. The summed E-state index contributed by atoms with van der Waals surface area (Å²) in [6.07, 6.45) is 0. The lowest BCUT2D eigenvalue weighted by Gasteiger charge is -2.31. The van der Waals surface area contributed by atoms with Crippen molar-refractivity contribution in [2.45, 2.75) is 105 Å². The second-order valence-corrected chi connectivity index (χ2v) is 17.1. The molecular weight excluding hydrogens is 662 g/mol. The van der Waals surface area contributed by atoms with Gasteiger partial charge < -0.3 is 24.1 Å². The van der Waals surface area contributed by atoms with Crippen LogP contribution in [0, 0.1) is 0 Å². The summed E-state index contributed by atoms with van der Waals surface area (Å²) in [5, 5.41) is 9.73. The first-order valence-corrected chi connectivity index (χ1v) is 17.9. The van der Waals surface area contributed by atoms with Gasteiger partial charge in [0, 0.05) is 65.4 Å². The minimum atomic E-state index is -1.00. The summed E-state index contributed by atoms with van der Waals surface area (Å²) >= 11 is 0. The third-order valence-corrected chi connectivity index (χ3v) is 7.11. The van der Waals surface area contributed by atoms with Crippen LogP contribution in [0.25, 0.3) is 0 Å². The van der Waals surface area contributed by atoms with Crippen LogP contribution in [-0.2, 0) is 42.9 Å². The maximum absolute atomic E-state index is 13.0. The number of carboxylic acids is 1. The molecule has 0 spiro atoms. The maximum atomic E-state index is 13.0. The van der Waals surface area contributed by atoms with E-state index in [4.69, 9.17) is 18.9 Å². The van der Waals surface area contributed by atoms with Crippen LogP contribution in [0.2, 0.25) is 0 Å². The molecule has 0 aromatic heterocycles. The van der Waals surface area contributed by atoms with E-state index in [9.17, 15) is 29.1 Å². The predicted octanol–water partition coefficient (Wildman–Crippen LogP) is 1.96. The monoisotopic (exact) mass is 729 g/mol. The number of nitrogens with zero attached hydrogens (tertiary/aromatic N) is 5. The SMILES string of the molecule is CC(C)(C)OC(=O)CN1CCN(CC(=O)O)CCN(CC(=O)OC(C)(C)C)CCN(CC(=O)OC(C)(C)C)CCN(CC(=O)OC(C)(C)C)CC1. The first-order valence-electron chi connectivity index (χ1n) is 17.9. The Morgan fingerprint density at radius 1 is 0.373 bits per heavy atom. The van der Waals surface area contributed by atoms with Crippen molar-refractivity contribution in [1.29, 1.82) is 0 Å². The second kappa shape index (κ2) is 20.4. The van der Waals surface area contributed by atoms with Gasteiger partial charge in [0.25, 0.3) is 0 Å². The van der Waals surface area contributed by atoms with Gasteiger partial charge in [0.15, 0.2) is 0 Å². The molecule has 1 rings (SSSR count). The first-order chi connectivity index (χ1) is 23.2. The highest BCUT2D eigenvalue weighted by molar-refractivity contribution is 5.73. The van der Waals surface area contributed by atoms with Gasteiger partial charge in [-0.1, -0.05) is 0 Å². The molecule has 1 heterocycles. The molecule has 0 aliphatic carbocycles. The van der Waals surface area contributed by atoms with Crippen molar-refractivity contribution in [1.82, 2.24) is 24.5 Å². The molecule has 51 heavy (non-hydrogen) atoms. The van der Waals surface area contributed by atoms with Crippen LogP contribution >= 0.6 is 0 Å². The van der Waals surface area contributed by atoms with Gasteiger partial charge in [-0.15, -0.1) is 0 Å². The van der Waals surface area contributed by atoms with Gasteiger partial charge in [-0.25, -0.2) is 0 Å². The standard InChI is InChI=1S/C36H67N5O10/c1-33(2,3)48-29(44)24-38-15-13-37(23-28(42)43)14-16-39(25-30(45)49-34(4,5)6)18-20-41(27-32(47)51-36(10,11)12)22-21-40(19-17-38)26-31(46)50-35(7,8)9/h13-27H2,1-12H3,(H,42,43). The zero-order valence-corrected chi connectivity index (χ0v) is 33.5. The van der Waals surface area contributed by atoms with Crippen molar-refractivity contribution in [3.05, 3.63) is 0 Å². The Morgan fingerprint density at radius 3 is 0.667 bits per heavy atom. The first kappa shape index (κ1) is 46.2. The van der Waals surface area contributed by atoms with Crippen molar-refractivity contribution >= 4 is 29.8 Å². The molecule has 0 amide bonds. The molecule has 1 N–H and O–H groups in total. The van der Waals surface area contributed by atoms with E-state index in [1.165, 1.54) is 0 Å². The van der Waals surface area contributed by atoms with E-state index in [1.807, 2.05) is 19.6 Å². The van der Waals surface area contributed by atoms with Gasteiger partial charge in [-0.2, -0.15) is 0 Å². The number of aliphatic carboxylic acids is 1. The highest BCUT2D eigenvalue weighted by Crippen LogP contribution is 2.12. The Balaban J connectivity index is 3.51. The largest absolute Gasteiger partial charge is 0.480 e. The molecule has 1 aliphatic rings. The molecule has 0 atom stereocenters. The average Bonchev–Trinajstić information content (AvgIpc) is 2.88. The molecule has 0 bridgehead atoms. The van der Waals surface area contributed by atoms with Crippen molar-refractivity contribution in [3.8, 4) is 0 Å². The molecule has 1 fully saturated rings. The number of esters is 4. The van der Waals surface area contributed by atoms with E-state index in [0.717, 1.165) is 0 Å². The molecule has 0 unspecified atom stereocenters. The lowest BCUT2D eigenvalue weighted by atomic mass is 10.2.